The zero-order valence-electron chi connectivity index (χ0n) is 22.2. The van der Waals surface area contributed by atoms with Crippen LogP contribution in [0.5, 0.6) is 0 Å². The van der Waals surface area contributed by atoms with Crippen LogP contribution in [0.1, 0.15) is 19.6 Å². The maximum Gasteiger partial charge on any atom is 0.364 e. The summed E-state index contributed by atoms with van der Waals surface area (Å²) in [6, 6.07) is -0.297. The van der Waals surface area contributed by atoms with E-state index in [1.54, 1.807) is 0 Å². The first kappa shape index (κ1) is 33.9. The van der Waals surface area contributed by atoms with Crippen LogP contribution >= 0.6 is 7.82 Å². The van der Waals surface area contributed by atoms with Gasteiger partial charge in [-0.05, 0) is 13.1 Å². The zero-order valence-corrected chi connectivity index (χ0v) is 23.1. The maximum atomic E-state index is 12.8. The fourth-order valence-corrected chi connectivity index (χ4v) is 5.47. The molecule has 238 valence electrons. The van der Waals surface area contributed by atoms with Crippen molar-refractivity contribution in [2.75, 3.05) is 25.9 Å². The molecule has 1 amide bonds. The Morgan fingerprint density at radius 2 is 2.00 bits per heavy atom. The highest BCUT2D eigenvalue weighted by Gasteiger charge is 2.57. The summed E-state index contributed by atoms with van der Waals surface area (Å²) in [6.45, 7) is -0.244. The van der Waals surface area contributed by atoms with Crippen molar-refractivity contribution < 1.29 is 68.2 Å². The predicted molar refractivity (Wildman–Crippen MR) is 133 cm³/mol. The number of nitrogen functional groups attached to an aromatic ring is 1. The molecule has 0 bridgehead atoms. The Bertz CT molecular complexity index is 1240. The molecule has 11 unspecified atom stereocenters. The van der Waals surface area contributed by atoms with Crippen molar-refractivity contribution in [3.05, 3.63) is 22.7 Å². The molecule has 2 aliphatic heterocycles. The summed E-state index contributed by atoms with van der Waals surface area (Å²) in [5.74, 6) is -6.15. The molecule has 1 aromatic heterocycles. The second-order valence-electron chi connectivity index (χ2n) is 9.68. The van der Waals surface area contributed by atoms with E-state index in [0.717, 1.165) is 17.7 Å². The van der Waals surface area contributed by atoms with E-state index in [4.69, 9.17) is 24.3 Å². The molecule has 11 atom stereocenters. The molecule has 10 N–H and O–H groups in total. The van der Waals surface area contributed by atoms with Crippen LogP contribution < -0.4 is 27.0 Å². The lowest BCUT2D eigenvalue weighted by molar-refractivity contribution is -0.313. The number of phosphoric acid groups is 1. The van der Waals surface area contributed by atoms with E-state index in [9.17, 15) is 54.5 Å². The van der Waals surface area contributed by atoms with E-state index in [1.165, 1.54) is 13.1 Å². The van der Waals surface area contributed by atoms with Gasteiger partial charge in [0.05, 0.1) is 24.9 Å². The van der Waals surface area contributed by atoms with E-state index in [-0.39, 0.29) is 12.4 Å². The van der Waals surface area contributed by atoms with Gasteiger partial charge in [0.25, 0.3) is 13.6 Å². The number of nitrogens with two attached hydrogens (primary N) is 1. The number of amides is 1. The number of aliphatic carboxylic acids is 1. The lowest BCUT2D eigenvalue weighted by Gasteiger charge is -2.47. The van der Waals surface area contributed by atoms with Crippen molar-refractivity contribution in [2.24, 2.45) is 0 Å². The molecule has 0 aromatic carbocycles. The molecule has 3 rings (SSSR count). The van der Waals surface area contributed by atoms with Crippen LogP contribution in [0.15, 0.2) is 17.1 Å². The minimum absolute atomic E-state index is 0.134. The second kappa shape index (κ2) is 13.4. The Labute approximate surface area is 237 Å². The first-order valence-electron chi connectivity index (χ1n) is 12.4. The first-order chi connectivity index (χ1) is 19.5. The second-order valence-corrected chi connectivity index (χ2v) is 11.0. The van der Waals surface area contributed by atoms with Crippen LogP contribution in [-0.4, -0.2) is 127 Å². The molecule has 0 saturated carbocycles. The molecule has 3 heterocycles. The number of carboxylic acid groups (broad SMARTS) is 1. The summed E-state index contributed by atoms with van der Waals surface area (Å²) in [6.07, 6.45) is -14.0. The third-order valence-electron chi connectivity index (χ3n) is 6.53. The van der Waals surface area contributed by atoms with Crippen molar-refractivity contribution in [3.63, 3.8) is 0 Å². The van der Waals surface area contributed by atoms with Crippen molar-refractivity contribution in [1.82, 2.24) is 20.2 Å². The monoisotopic (exact) mass is 626 g/mol. The number of carbonyl (C=O) groups excluding carboxylic acids is 1. The third-order valence-corrected chi connectivity index (χ3v) is 7.52. The molecule has 2 aliphatic rings. The highest BCUT2D eigenvalue weighted by atomic mass is 31.2. The molecular formula is C21H33N5O15P-. The SMILES string of the molecule is CNCC(O)C(O)C1OC(OP(=O)([O-])OCC2OC(n3ccc(N)nc3=O)C(O)C2O)(C(=O)O)CC(O)C1NC(C)=O. The smallest absolute Gasteiger partial charge is 0.364 e. The van der Waals surface area contributed by atoms with E-state index in [2.05, 4.69) is 15.6 Å². The highest BCUT2D eigenvalue weighted by Crippen LogP contribution is 2.48. The average Bonchev–Trinajstić information content (AvgIpc) is 3.16. The summed E-state index contributed by atoms with van der Waals surface area (Å²) in [5.41, 5.74) is 4.47. The molecule has 42 heavy (non-hydrogen) atoms. The van der Waals surface area contributed by atoms with E-state index in [0.29, 0.717) is 0 Å². The lowest BCUT2D eigenvalue weighted by atomic mass is 9.88. The number of nitrogens with zero attached hydrogens (tertiary/aromatic N) is 2. The number of aliphatic hydroxyl groups excluding tert-OH is 5. The minimum atomic E-state index is -5.73. The zero-order chi connectivity index (χ0) is 31.6. The summed E-state index contributed by atoms with van der Waals surface area (Å²) < 4.78 is 33.7. The number of carboxylic acids is 1. The number of anilines is 1. The van der Waals surface area contributed by atoms with Crippen LogP contribution in [0, 0.1) is 0 Å². The summed E-state index contributed by atoms with van der Waals surface area (Å²) in [5, 5.41) is 66.9. The number of aromatic nitrogens is 2. The fourth-order valence-electron chi connectivity index (χ4n) is 4.53. The number of ether oxygens (including phenoxy) is 2. The Balaban J connectivity index is 1.79. The molecule has 21 heteroatoms. The largest absolute Gasteiger partial charge is 0.756 e. The van der Waals surface area contributed by atoms with Gasteiger partial charge < -0.3 is 65.9 Å². The van der Waals surface area contributed by atoms with E-state index in [1.807, 2.05) is 0 Å². The number of phosphoric ester groups is 1. The van der Waals surface area contributed by atoms with Gasteiger partial charge in [-0.15, -0.1) is 0 Å². The molecule has 0 radical (unpaired) electrons. The number of hydrogen-bond donors (Lipinski definition) is 9. The predicted octanol–water partition coefficient (Wildman–Crippen LogP) is -5.68. The maximum absolute atomic E-state index is 12.8. The van der Waals surface area contributed by atoms with Gasteiger partial charge in [-0.1, -0.05) is 0 Å². The van der Waals surface area contributed by atoms with Crippen molar-refractivity contribution in [2.45, 2.75) is 74.1 Å². The van der Waals surface area contributed by atoms with Crippen LogP contribution in [-0.2, 0) is 32.7 Å². The summed E-state index contributed by atoms with van der Waals surface area (Å²) >= 11 is 0. The molecular weight excluding hydrogens is 593 g/mol. The summed E-state index contributed by atoms with van der Waals surface area (Å²) in [7, 11) is -4.31. The van der Waals surface area contributed by atoms with Crippen molar-refractivity contribution >= 4 is 25.5 Å². The standard InChI is InChI=1S/C21H34N5O15P/c1-8(27)24-13-9(28)5-21(19(33)34,40-17(13)14(30)10(29)6-23-2)41-42(36,37)38-7-11-15(31)16(32)18(39-11)26-4-3-12(22)25-20(26)35/h3-4,9-11,13-18,23,28-32H,5-7H2,1-2H3,(H,24,27)(H,33,34)(H,36,37)(H2,22,25,35)/p-1. The number of carbonyl (C=O) groups is 2. The molecule has 0 aliphatic carbocycles. The van der Waals surface area contributed by atoms with Crippen LogP contribution in [0.4, 0.5) is 5.82 Å². The van der Waals surface area contributed by atoms with Gasteiger partial charge >= 0.3 is 11.7 Å². The topological polar surface area (TPSA) is 318 Å². The van der Waals surface area contributed by atoms with Crippen molar-refractivity contribution in [3.8, 4) is 0 Å². The summed E-state index contributed by atoms with van der Waals surface area (Å²) in [4.78, 5) is 52.2. The van der Waals surface area contributed by atoms with Gasteiger partial charge in [0.1, 0.15) is 36.3 Å². The fraction of sp³-hybridized carbons (Fsp3) is 0.714. The van der Waals surface area contributed by atoms with E-state index < -0.39 is 99.2 Å². The number of hydrogen-bond acceptors (Lipinski definition) is 17. The number of likely N-dealkylation sites (N-methyl/N-ethyl adjacent to an activating group) is 1. The third kappa shape index (κ3) is 7.48. The van der Waals surface area contributed by atoms with Gasteiger partial charge in [-0.25, -0.2) is 9.59 Å². The van der Waals surface area contributed by atoms with Crippen LogP contribution in [0.3, 0.4) is 0 Å². The first-order valence-corrected chi connectivity index (χ1v) is 13.9. The Hall–Kier alpha value is -2.59. The van der Waals surface area contributed by atoms with Gasteiger partial charge in [0, 0.05) is 26.1 Å². The average molecular weight is 626 g/mol. The lowest BCUT2D eigenvalue weighted by Crippen LogP contribution is -2.68. The molecule has 1 aromatic rings. The van der Waals surface area contributed by atoms with Crippen molar-refractivity contribution in [1.29, 1.82) is 0 Å². The Kier molecular flexibility index (Phi) is 10.8. The minimum Gasteiger partial charge on any atom is -0.756 e. The highest BCUT2D eigenvalue weighted by molar-refractivity contribution is 7.45. The molecule has 2 fully saturated rings. The Morgan fingerprint density at radius 1 is 1.33 bits per heavy atom. The van der Waals surface area contributed by atoms with Gasteiger partial charge in [-0.3, -0.25) is 18.5 Å². The van der Waals surface area contributed by atoms with Crippen LogP contribution in [0.25, 0.3) is 0 Å². The van der Waals surface area contributed by atoms with Crippen LogP contribution in [0.2, 0.25) is 0 Å². The van der Waals surface area contributed by atoms with E-state index >= 15 is 0 Å². The number of nitrogens with one attached hydrogen (secondary N) is 2. The normalized spacial score (nSPS) is 34.3. The van der Waals surface area contributed by atoms with Gasteiger partial charge in [-0.2, -0.15) is 4.98 Å². The quantitative estimate of drug-likeness (QED) is 0.0976. The molecule has 0 spiro atoms. The number of rotatable bonds is 12. The van der Waals surface area contributed by atoms with Gasteiger partial charge in [0.15, 0.2) is 6.23 Å². The molecule has 20 nitrogen and oxygen atoms in total. The Morgan fingerprint density at radius 3 is 2.57 bits per heavy atom. The molecule has 2 saturated heterocycles. The van der Waals surface area contributed by atoms with Gasteiger partial charge in [0.2, 0.25) is 5.91 Å². The number of aliphatic hydroxyl groups is 5.